The van der Waals surface area contributed by atoms with E-state index in [1.54, 1.807) is 0 Å². The van der Waals surface area contributed by atoms with Gasteiger partial charge in [0, 0.05) is 22.7 Å². The van der Waals surface area contributed by atoms with Crippen LogP contribution in [0.5, 0.6) is 5.75 Å². The fourth-order valence-electron chi connectivity index (χ4n) is 1.78. The highest BCUT2D eigenvalue weighted by atomic mass is 35.5. The first-order valence-electron chi connectivity index (χ1n) is 6.12. The molecule has 2 aromatic rings. The Kier molecular flexibility index (Phi) is 4.45. The van der Waals surface area contributed by atoms with Gasteiger partial charge in [-0.3, -0.25) is 0 Å². The zero-order valence-electron chi connectivity index (χ0n) is 11.2. The molecular weight excluding hydrogens is 264 g/mol. The van der Waals surface area contributed by atoms with E-state index in [0.717, 1.165) is 22.8 Å². The first-order valence-corrected chi connectivity index (χ1v) is 6.49. The molecule has 0 saturated carbocycles. The smallest absolute Gasteiger partial charge is 0.134 e. The van der Waals surface area contributed by atoms with Crippen molar-refractivity contribution in [1.29, 1.82) is 0 Å². The summed E-state index contributed by atoms with van der Waals surface area (Å²) < 4.78 is 10.8. The largest absolute Gasteiger partial charge is 0.487 e. The van der Waals surface area contributed by atoms with Gasteiger partial charge < -0.3 is 14.6 Å². The predicted molar refractivity (Wildman–Crippen MR) is 74.5 cm³/mol. The lowest BCUT2D eigenvalue weighted by Gasteiger charge is -2.16. The fraction of sp³-hybridized carbons (Fsp3) is 0.357. The molecule has 2 rings (SSSR count). The minimum atomic E-state index is 0.160. The van der Waals surface area contributed by atoms with E-state index in [1.165, 1.54) is 0 Å². The van der Waals surface area contributed by atoms with E-state index >= 15 is 0 Å². The molecule has 0 spiro atoms. The molecule has 0 bridgehead atoms. The van der Waals surface area contributed by atoms with Crippen molar-refractivity contribution in [2.45, 2.75) is 26.5 Å². The van der Waals surface area contributed by atoms with Crippen molar-refractivity contribution in [3.05, 3.63) is 46.3 Å². The number of halogens is 1. The lowest BCUT2D eigenvalue weighted by molar-refractivity contribution is 0.283. The first-order chi connectivity index (χ1) is 9.10. The van der Waals surface area contributed by atoms with Gasteiger partial charge in [-0.25, -0.2) is 0 Å². The lowest BCUT2D eigenvalue weighted by Crippen LogP contribution is -2.13. The number of hydrogen-bond donors (Lipinski definition) is 1. The fourth-order valence-corrected chi connectivity index (χ4v) is 1.96. The van der Waals surface area contributed by atoms with Crippen LogP contribution < -0.4 is 10.1 Å². The van der Waals surface area contributed by atoms with Crippen LogP contribution in [0.25, 0.3) is 0 Å². The summed E-state index contributed by atoms with van der Waals surface area (Å²) in [6.07, 6.45) is 0. The van der Waals surface area contributed by atoms with Gasteiger partial charge in [-0.2, -0.15) is 0 Å². The number of hydrogen-bond acceptors (Lipinski definition) is 4. The zero-order chi connectivity index (χ0) is 13.8. The van der Waals surface area contributed by atoms with Crippen LogP contribution >= 0.6 is 11.6 Å². The van der Waals surface area contributed by atoms with Crippen LogP contribution in [0.2, 0.25) is 5.02 Å². The third-order valence-electron chi connectivity index (χ3n) is 2.92. The van der Waals surface area contributed by atoms with E-state index in [9.17, 15) is 0 Å². The Morgan fingerprint density at radius 2 is 2.21 bits per heavy atom. The maximum atomic E-state index is 6.03. The van der Waals surface area contributed by atoms with Crippen LogP contribution in [-0.4, -0.2) is 12.2 Å². The van der Waals surface area contributed by atoms with E-state index < -0.39 is 0 Å². The summed E-state index contributed by atoms with van der Waals surface area (Å²) in [7, 11) is 1.90. The van der Waals surface area contributed by atoms with Crippen molar-refractivity contribution in [3.63, 3.8) is 0 Å². The molecule has 19 heavy (non-hydrogen) atoms. The quantitative estimate of drug-likeness (QED) is 0.911. The molecular formula is C14H17ClN2O2. The Bertz CT molecular complexity index is 554. The van der Waals surface area contributed by atoms with Crippen LogP contribution in [0.15, 0.2) is 28.8 Å². The third-order valence-corrected chi connectivity index (χ3v) is 3.16. The van der Waals surface area contributed by atoms with Crippen LogP contribution in [0.1, 0.15) is 30.0 Å². The van der Waals surface area contributed by atoms with E-state index in [2.05, 4.69) is 17.4 Å². The van der Waals surface area contributed by atoms with Crippen LogP contribution in [0, 0.1) is 6.92 Å². The highest BCUT2D eigenvalue weighted by Crippen LogP contribution is 2.28. The van der Waals surface area contributed by atoms with Crippen LogP contribution in [-0.2, 0) is 6.61 Å². The number of nitrogens with one attached hydrogen (secondary N) is 1. The summed E-state index contributed by atoms with van der Waals surface area (Å²) in [4.78, 5) is 0. The van der Waals surface area contributed by atoms with Gasteiger partial charge in [0.25, 0.3) is 0 Å². The maximum absolute atomic E-state index is 6.03. The molecule has 0 fully saturated rings. The second-order valence-electron chi connectivity index (χ2n) is 4.41. The van der Waals surface area contributed by atoms with Gasteiger partial charge in [0.05, 0.1) is 0 Å². The molecule has 1 atom stereocenters. The van der Waals surface area contributed by atoms with Gasteiger partial charge in [0.15, 0.2) is 0 Å². The molecule has 5 heteroatoms. The summed E-state index contributed by atoms with van der Waals surface area (Å²) in [6.45, 7) is 4.29. The highest BCUT2D eigenvalue weighted by Gasteiger charge is 2.11. The van der Waals surface area contributed by atoms with E-state index in [0.29, 0.717) is 11.6 Å². The molecule has 102 valence electrons. The number of aromatic nitrogens is 1. The summed E-state index contributed by atoms with van der Waals surface area (Å²) in [5.74, 6) is 1.57. The highest BCUT2D eigenvalue weighted by molar-refractivity contribution is 6.30. The standard InChI is InChI=1S/C14H17ClN2O2/c1-9-6-12(17-19-9)8-18-14-5-4-11(15)7-13(14)10(2)16-3/h4-7,10,16H,8H2,1-3H3. The zero-order valence-corrected chi connectivity index (χ0v) is 12.0. The second-order valence-corrected chi connectivity index (χ2v) is 4.85. The number of rotatable bonds is 5. The molecule has 1 unspecified atom stereocenters. The van der Waals surface area contributed by atoms with Crippen molar-refractivity contribution < 1.29 is 9.26 Å². The molecule has 0 aliphatic carbocycles. The average molecular weight is 281 g/mol. The van der Waals surface area contributed by atoms with Crippen LogP contribution in [0.3, 0.4) is 0 Å². The van der Waals surface area contributed by atoms with Gasteiger partial charge >= 0.3 is 0 Å². The second kappa shape index (κ2) is 6.08. The third kappa shape index (κ3) is 3.49. The summed E-state index contributed by atoms with van der Waals surface area (Å²) in [6, 6.07) is 7.62. The molecule has 0 radical (unpaired) electrons. The number of aryl methyl sites for hydroxylation is 1. The number of ether oxygens (including phenoxy) is 1. The molecule has 0 aliphatic heterocycles. The molecule has 0 amide bonds. The van der Waals surface area contributed by atoms with Crippen molar-refractivity contribution >= 4 is 11.6 Å². The summed E-state index contributed by atoms with van der Waals surface area (Å²) >= 11 is 6.03. The Morgan fingerprint density at radius 3 is 2.84 bits per heavy atom. The van der Waals surface area contributed by atoms with Crippen molar-refractivity contribution in [1.82, 2.24) is 10.5 Å². The molecule has 1 N–H and O–H groups in total. The Morgan fingerprint density at radius 1 is 1.42 bits per heavy atom. The van der Waals surface area contributed by atoms with E-state index in [-0.39, 0.29) is 6.04 Å². The molecule has 1 heterocycles. The van der Waals surface area contributed by atoms with Crippen molar-refractivity contribution in [3.8, 4) is 5.75 Å². The number of benzene rings is 1. The van der Waals surface area contributed by atoms with Gasteiger partial charge in [0.1, 0.15) is 23.8 Å². The van der Waals surface area contributed by atoms with Gasteiger partial charge in [-0.05, 0) is 39.1 Å². The Balaban J connectivity index is 2.15. The minimum absolute atomic E-state index is 0.160. The molecule has 0 saturated heterocycles. The van der Waals surface area contributed by atoms with E-state index in [4.69, 9.17) is 20.9 Å². The Labute approximate surface area is 117 Å². The molecule has 4 nitrogen and oxygen atoms in total. The van der Waals surface area contributed by atoms with Crippen molar-refractivity contribution in [2.24, 2.45) is 0 Å². The van der Waals surface area contributed by atoms with Crippen LogP contribution in [0.4, 0.5) is 0 Å². The molecule has 1 aromatic heterocycles. The first kappa shape index (κ1) is 13.9. The maximum Gasteiger partial charge on any atom is 0.134 e. The monoisotopic (exact) mass is 280 g/mol. The summed E-state index contributed by atoms with van der Waals surface area (Å²) in [5, 5.41) is 7.78. The average Bonchev–Trinajstić information content (AvgIpc) is 2.82. The van der Waals surface area contributed by atoms with Gasteiger partial charge in [-0.15, -0.1) is 0 Å². The molecule has 0 aliphatic rings. The normalized spacial score (nSPS) is 12.4. The minimum Gasteiger partial charge on any atom is -0.487 e. The predicted octanol–water partition coefficient (Wildman–Crippen LogP) is 3.50. The Hall–Kier alpha value is -1.52. The van der Waals surface area contributed by atoms with Crippen molar-refractivity contribution in [2.75, 3.05) is 7.05 Å². The summed E-state index contributed by atoms with van der Waals surface area (Å²) in [5.41, 5.74) is 1.80. The number of nitrogens with zero attached hydrogens (tertiary/aromatic N) is 1. The topological polar surface area (TPSA) is 47.3 Å². The molecule has 1 aromatic carbocycles. The van der Waals surface area contributed by atoms with Gasteiger partial charge in [-0.1, -0.05) is 16.8 Å². The van der Waals surface area contributed by atoms with E-state index in [1.807, 2.05) is 38.2 Å². The lowest BCUT2D eigenvalue weighted by atomic mass is 10.1. The van der Waals surface area contributed by atoms with Gasteiger partial charge in [0.2, 0.25) is 0 Å². The SMILES string of the molecule is CNC(C)c1cc(Cl)ccc1OCc1cc(C)on1.